The molecule has 0 spiro atoms. The van der Waals surface area contributed by atoms with Crippen molar-refractivity contribution in [1.29, 1.82) is 0 Å². The second-order valence-corrected chi connectivity index (χ2v) is 3.98. The molecule has 0 rings (SSSR count). The van der Waals surface area contributed by atoms with Gasteiger partial charge in [-0.1, -0.05) is 13.8 Å². The van der Waals surface area contributed by atoms with E-state index in [1.807, 2.05) is 0 Å². The van der Waals surface area contributed by atoms with E-state index in [1.54, 1.807) is 7.11 Å². The SMILES string of the molecule is COCCCC(Cl)CC(C)C. The number of ether oxygens (including phenoxy) is 1. The maximum atomic E-state index is 6.06. The predicted octanol–water partition coefficient (Wildman–Crippen LogP) is 3.07. The fourth-order valence-corrected chi connectivity index (χ4v) is 1.59. The van der Waals surface area contributed by atoms with Crippen LogP contribution in [0.15, 0.2) is 0 Å². The zero-order valence-corrected chi connectivity index (χ0v) is 8.53. The second kappa shape index (κ2) is 6.93. The van der Waals surface area contributed by atoms with E-state index in [-0.39, 0.29) is 0 Å². The minimum Gasteiger partial charge on any atom is -0.385 e. The smallest absolute Gasteiger partial charge is 0.0462 e. The highest BCUT2D eigenvalue weighted by atomic mass is 35.5. The van der Waals surface area contributed by atoms with Crippen molar-refractivity contribution in [1.82, 2.24) is 0 Å². The van der Waals surface area contributed by atoms with E-state index >= 15 is 0 Å². The first kappa shape index (κ1) is 11.2. The summed E-state index contributed by atoms with van der Waals surface area (Å²) < 4.78 is 4.94. The van der Waals surface area contributed by atoms with E-state index in [4.69, 9.17) is 16.3 Å². The van der Waals surface area contributed by atoms with Gasteiger partial charge < -0.3 is 4.74 Å². The average molecular weight is 179 g/mol. The number of alkyl halides is 1. The Balaban J connectivity index is 3.15. The van der Waals surface area contributed by atoms with Crippen LogP contribution in [0.25, 0.3) is 0 Å². The number of methoxy groups -OCH3 is 1. The third kappa shape index (κ3) is 8.15. The van der Waals surface area contributed by atoms with Crippen molar-refractivity contribution < 1.29 is 4.74 Å². The van der Waals surface area contributed by atoms with Crippen LogP contribution in [0.3, 0.4) is 0 Å². The van der Waals surface area contributed by atoms with Crippen LogP contribution in [-0.4, -0.2) is 19.1 Å². The molecule has 0 amide bonds. The Morgan fingerprint density at radius 2 is 2.00 bits per heavy atom. The third-order valence-electron chi connectivity index (χ3n) is 1.59. The van der Waals surface area contributed by atoms with Gasteiger partial charge in [-0.15, -0.1) is 11.6 Å². The summed E-state index contributed by atoms with van der Waals surface area (Å²) in [6.45, 7) is 5.23. The van der Waals surface area contributed by atoms with Gasteiger partial charge in [0.05, 0.1) is 0 Å². The lowest BCUT2D eigenvalue weighted by molar-refractivity contribution is 0.192. The van der Waals surface area contributed by atoms with Crippen LogP contribution in [0.4, 0.5) is 0 Å². The fourth-order valence-electron chi connectivity index (χ4n) is 1.08. The zero-order valence-electron chi connectivity index (χ0n) is 7.77. The molecular formula is C9H19ClO. The molecule has 0 radical (unpaired) electrons. The number of hydrogen-bond donors (Lipinski definition) is 0. The maximum Gasteiger partial charge on any atom is 0.0462 e. The second-order valence-electron chi connectivity index (χ2n) is 3.36. The van der Waals surface area contributed by atoms with Crippen molar-refractivity contribution in [2.24, 2.45) is 5.92 Å². The topological polar surface area (TPSA) is 9.23 Å². The molecule has 0 aromatic rings. The summed E-state index contributed by atoms with van der Waals surface area (Å²) in [5.41, 5.74) is 0. The van der Waals surface area contributed by atoms with Crippen LogP contribution in [0, 0.1) is 5.92 Å². The molecule has 0 aliphatic carbocycles. The molecule has 0 aromatic carbocycles. The average Bonchev–Trinajstić information content (AvgIpc) is 1.86. The summed E-state index contributed by atoms with van der Waals surface area (Å²) >= 11 is 6.06. The molecule has 0 saturated heterocycles. The van der Waals surface area contributed by atoms with Crippen LogP contribution in [-0.2, 0) is 4.74 Å². The van der Waals surface area contributed by atoms with E-state index in [2.05, 4.69) is 13.8 Å². The van der Waals surface area contributed by atoms with Crippen molar-refractivity contribution >= 4 is 11.6 Å². The number of hydrogen-bond acceptors (Lipinski definition) is 1. The molecule has 0 aliphatic heterocycles. The van der Waals surface area contributed by atoms with Gasteiger partial charge in [-0.25, -0.2) is 0 Å². The number of rotatable bonds is 6. The van der Waals surface area contributed by atoms with Crippen molar-refractivity contribution in [3.05, 3.63) is 0 Å². The van der Waals surface area contributed by atoms with E-state index in [1.165, 1.54) is 0 Å². The van der Waals surface area contributed by atoms with Gasteiger partial charge in [-0.05, 0) is 25.2 Å². The van der Waals surface area contributed by atoms with Crippen LogP contribution < -0.4 is 0 Å². The Labute approximate surface area is 75.1 Å². The molecular weight excluding hydrogens is 160 g/mol. The van der Waals surface area contributed by atoms with Crippen LogP contribution in [0.5, 0.6) is 0 Å². The van der Waals surface area contributed by atoms with Gasteiger partial charge in [0, 0.05) is 19.1 Å². The Morgan fingerprint density at radius 3 is 2.45 bits per heavy atom. The Kier molecular flexibility index (Phi) is 7.09. The van der Waals surface area contributed by atoms with Crippen LogP contribution in [0.2, 0.25) is 0 Å². The van der Waals surface area contributed by atoms with Gasteiger partial charge in [-0.3, -0.25) is 0 Å². The van der Waals surface area contributed by atoms with Crippen molar-refractivity contribution in [2.75, 3.05) is 13.7 Å². The first-order valence-corrected chi connectivity index (χ1v) is 4.73. The molecule has 1 unspecified atom stereocenters. The first-order valence-electron chi connectivity index (χ1n) is 4.29. The summed E-state index contributed by atoms with van der Waals surface area (Å²) in [7, 11) is 1.73. The Morgan fingerprint density at radius 1 is 1.36 bits per heavy atom. The lowest BCUT2D eigenvalue weighted by Gasteiger charge is -2.10. The zero-order chi connectivity index (χ0) is 8.69. The lowest BCUT2D eigenvalue weighted by atomic mass is 10.1. The summed E-state index contributed by atoms with van der Waals surface area (Å²) in [5, 5.41) is 0.338. The Hall–Kier alpha value is 0.250. The molecule has 68 valence electrons. The van der Waals surface area contributed by atoms with Crippen molar-refractivity contribution in [2.45, 2.75) is 38.5 Å². The minimum atomic E-state index is 0.338. The van der Waals surface area contributed by atoms with Gasteiger partial charge in [0.25, 0.3) is 0 Å². The standard InChI is InChI=1S/C9H19ClO/c1-8(2)7-9(10)5-4-6-11-3/h8-9H,4-7H2,1-3H3. The van der Waals surface area contributed by atoms with Crippen LogP contribution in [0.1, 0.15) is 33.1 Å². The molecule has 0 heterocycles. The molecule has 0 bridgehead atoms. The van der Waals surface area contributed by atoms with Gasteiger partial charge >= 0.3 is 0 Å². The van der Waals surface area contributed by atoms with Gasteiger partial charge in [0.15, 0.2) is 0 Å². The highest BCUT2D eigenvalue weighted by molar-refractivity contribution is 6.20. The molecule has 0 fully saturated rings. The third-order valence-corrected chi connectivity index (χ3v) is 1.99. The van der Waals surface area contributed by atoms with E-state index in [0.717, 1.165) is 25.9 Å². The number of halogens is 1. The summed E-state index contributed by atoms with van der Waals surface area (Å²) in [4.78, 5) is 0. The molecule has 2 heteroatoms. The summed E-state index contributed by atoms with van der Waals surface area (Å²) in [6, 6.07) is 0. The molecule has 1 atom stereocenters. The van der Waals surface area contributed by atoms with Gasteiger partial charge in [-0.2, -0.15) is 0 Å². The largest absolute Gasteiger partial charge is 0.385 e. The molecule has 0 aliphatic rings. The lowest BCUT2D eigenvalue weighted by Crippen LogP contribution is -2.04. The minimum absolute atomic E-state index is 0.338. The monoisotopic (exact) mass is 178 g/mol. The summed E-state index contributed by atoms with van der Waals surface area (Å²) in [6.07, 6.45) is 3.27. The highest BCUT2D eigenvalue weighted by Crippen LogP contribution is 2.15. The molecule has 0 aromatic heterocycles. The van der Waals surface area contributed by atoms with E-state index < -0.39 is 0 Å². The van der Waals surface area contributed by atoms with Crippen LogP contribution >= 0.6 is 11.6 Å². The molecule has 0 N–H and O–H groups in total. The summed E-state index contributed by atoms with van der Waals surface area (Å²) in [5.74, 6) is 0.708. The van der Waals surface area contributed by atoms with Crippen molar-refractivity contribution in [3.63, 3.8) is 0 Å². The van der Waals surface area contributed by atoms with E-state index in [0.29, 0.717) is 11.3 Å². The normalized spacial score (nSPS) is 13.9. The maximum absolute atomic E-state index is 6.06. The Bertz CT molecular complexity index is 83.6. The molecule has 11 heavy (non-hydrogen) atoms. The molecule has 1 nitrogen and oxygen atoms in total. The predicted molar refractivity (Wildman–Crippen MR) is 50.2 cm³/mol. The van der Waals surface area contributed by atoms with Gasteiger partial charge in [0.1, 0.15) is 0 Å². The van der Waals surface area contributed by atoms with E-state index in [9.17, 15) is 0 Å². The van der Waals surface area contributed by atoms with Gasteiger partial charge in [0.2, 0.25) is 0 Å². The quantitative estimate of drug-likeness (QED) is 0.449. The highest BCUT2D eigenvalue weighted by Gasteiger charge is 2.05. The van der Waals surface area contributed by atoms with Crippen molar-refractivity contribution in [3.8, 4) is 0 Å². The molecule has 0 saturated carbocycles. The fraction of sp³-hybridized carbons (Fsp3) is 1.00. The first-order chi connectivity index (χ1) is 5.16.